The lowest BCUT2D eigenvalue weighted by molar-refractivity contribution is -0.127. The Morgan fingerprint density at radius 1 is 1.38 bits per heavy atom. The molecule has 0 heterocycles. The molecular formula is C10H10O3. The van der Waals surface area contributed by atoms with E-state index in [1.807, 2.05) is 6.07 Å². The number of hydrogen-bond donors (Lipinski definition) is 2. The maximum Gasteiger partial charge on any atom is 0.166 e. The van der Waals surface area contributed by atoms with Crippen LogP contribution in [0.4, 0.5) is 0 Å². The molecule has 0 saturated heterocycles. The van der Waals surface area contributed by atoms with Crippen LogP contribution in [0.2, 0.25) is 0 Å². The molecule has 3 nitrogen and oxygen atoms in total. The van der Waals surface area contributed by atoms with Gasteiger partial charge in [0.15, 0.2) is 5.78 Å². The van der Waals surface area contributed by atoms with Crippen molar-refractivity contribution < 1.29 is 15.0 Å². The molecule has 1 atom stereocenters. The second kappa shape index (κ2) is 2.85. The summed E-state index contributed by atoms with van der Waals surface area (Å²) in [5.41, 5.74) is 1.53. The van der Waals surface area contributed by atoms with Crippen molar-refractivity contribution in [2.24, 2.45) is 0 Å². The number of carbonyl (C=O) groups excluding carboxylic acids is 1. The van der Waals surface area contributed by atoms with Crippen LogP contribution in [0.25, 0.3) is 0 Å². The minimum absolute atomic E-state index is 0.142. The van der Waals surface area contributed by atoms with Crippen LogP contribution >= 0.6 is 0 Å². The Balaban J connectivity index is 2.48. The van der Waals surface area contributed by atoms with Crippen LogP contribution in [0.1, 0.15) is 11.1 Å². The van der Waals surface area contributed by atoms with Gasteiger partial charge in [0.2, 0.25) is 0 Å². The summed E-state index contributed by atoms with van der Waals surface area (Å²) in [6.07, 6.45) is -0.430. The number of aliphatic hydroxyl groups excluding tert-OH is 1. The lowest BCUT2D eigenvalue weighted by Gasteiger charge is -2.19. The first kappa shape index (κ1) is 8.26. The van der Waals surface area contributed by atoms with Gasteiger partial charge in [-0.15, -0.1) is 0 Å². The van der Waals surface area contributed by atoms with Gasteiger partial charge in [0, 0.05) is 18.4 Å². The third-order valence-electron chi connectivity index (χ3n) is 2.38. The summed E-state index contributed by atoms with van der Waals surface area (Å²) in [6.45, 7) is 0. The SMILES string of the molecule is O=C1Cc2c(O)cccc2C[C@H]1O. The zero-order valence-corrected chi connectivity index (χ0v) is 7.03. The van der Waals surface area contributed by atoms with Gasteiger partial charge in [-0.25, -0.2) is 0 Å². The first-order valence-corrected chi connectivity index (χ1v) is 4.19. The van der Waals surface area contributed by atoms with Crippen molar-refractivity contribution in [3.63, 3.8) is 0 Å². The van der Waals surface area contributed by atoms with E-state index in [2.05, 4.69) is 0 Å². The van der Waals surface area contributed by atoms with Crippen LogP contribution in [0, 0.1) is 0 Å². The topological polar surface area (TPSA) is 57.5 Å². The number of fused-ring (bicyclic) bond motifs is 1. The van der Waals surface area contributed by atoms with Crippen LogP contribution in [0.3, 0.4) is 0 Å². The van der Waals surface area contributed by atoms with Gasteiger partial charge in [0.05, 0.1) is 0 Å². The predicted octanol–water partition coefficient (Wildman–Crippen LogP) is 0.421. The zero-order chi connectivity index (χ0) is 9.42. The minimum atomic E-state index is -0.894. The van der Waals surface area contributed by atoms with Gasteiger partial charge in [-0.05, 0) is 11.6 Å². The normalized spacial score (nSPS) is 21.3. The summed E-state index contributed by atoms with van der Waals surface area (Å²) >= 11 is 0. The van der Waals surface area contributed by atoms with Gasteiger partial charge in [0.25, 0.3) is 0 Å². The maximum atomic E-state index is 11.1. The van der Waals surface area contributed by atoms with Crippen molar-refractivity contribution in [2.75, 3.05) is 0 Å². The number of phenols is 1. The van der Waals surface area contributed by atoms with E-state index >= 15 is 0 Å². The van der Waals surface area contributed by atoms with Gasteiger partial charge >= 0.3 is 0 Å². The molecule has 68 valence electrons. The van der Waals surface area contributed by atoms with E-state index in [0.29, 0.717) is 12.0 Å². The fraction of sp³-hybridized carbons (Fsp3) is 0.300. The van der Waals surface area contributed by atoms with E-state index in [-0.39, 0.29) is 18.0 Å². The second-order valence-electron chi connectivity index (χ2n) is 3.28. The van der Waals surface area contributed by atoms with Crippen molar-refractivity contribution >= 4 is 5.78 Å². The Morgan fingerprint density at radius 2 is 2.15 bits per heavy atom. The highest BCUT2D eigenvalue weighted by Crippen LogP contribution is 2.26. The molecule has 0 aliphatic heterocycles. The van der Waals surface area contributed by atoms with Crippen LogP contribution in [0.5, 0.6) is 5.75 Å². The van der Waals surface area contributed by atoms with Crippen molar-refractivity contribution in [1.82, 2.24) is 0 Å². The molecule has 1 aromatic carbocycles. The van der Waals surface area contributed by atoms with Crippen LogP contribution in [0.15, 0.2) is 18.2 Å². The van der Waals surface area contributed by atoms with Crippen LogP contribution in [-0.4, -0.2) is 22.1 Å². The van der Waals surface area contributed by atoms with Crippen LogP contribution in [-0.2, 0) is 17.6 Å². The predicted molar refractivity (Wildman–Crippen MR) is 46.5 cm³/mol. The smallest absolute Gasteiger partial charge is 0.166 e. The molecule has 13 heavy (non-hydrogen) atoms. The first-order chi connectivity index (χ1) is 6.18. The van der Waals surface area contributed by atoms with Gasteiger partial charge in [-0.3, -0.25) is 4.79 Å². The van der Waals surface area contributed by atoms with E-state index < -0.39 is 6.10 Å². The summed E-state index contributed by atoms with van der Waals surface area (Å²) in [5.74, 6) is -0.0632. The molecule has 2 rings (SSSR count). The summed E-state index contributed by atoms with van der Waals surface area (Å²) in [6, 6.07) is 5.10. The number of benzene rings is 1. The molecule has 1 aliphatic carbocycles. The number of rotatable bonds is 0. The van der Waals surface area contributed by atoms with Gasteiger partial charge in [-0.2, -0.15) is 0 Å². The fourth-order valence-electron chi connectivity index (χ4n) is 1.63. The second-order valence-corrected chi connectivity index (χ2v) is 3.28. The van der Waals surface area contributed by atoms with Gasteiger partial charge < -0.3 is 10.2 Å². The largest absolute Gasteiger partial charge is 0.508 e. The lowest BCUT2D eigenvalue weighted by atomic mass is 9.88. The highest BCUT2D eigenvalue weighted by molar-refractivity contribution is 5.88. The van der Waals surface area contributed by atoms with E-state index in [4.69, 9.17) is 0 Å². The third kappa shape index (κ3) is 1.31. The highest BCUT2D eigenvalue weighted by atomic mass is 16.3. The molecule has 0 radical (unpaired) electrons. The molecule has 0 saturated carbocycles. The number of aliphatic hydroxyl groups is 1. The first-order valence-electron chi connectivity index (χ1n) is 4.19. The molecule has 0 bridgehead atoms. The monoisotopic (exact) mass is 178 g/mol. The Labute approximate surface area is 75.6 Å². The van der Waals surface area contributed by atoms with E-state index in [9.17, 15) is 15.0 Å². The van der Waals surface area contributed by atoms with Gasteiger partial charge in [0.1, 0.15) is 11.9 Å². The Morgan fingerprint density at radius 3 is 2.92 bits per heavy atom. The zero-order valence-electron chi connectivity index (χ0n) is 7.03. The van der Waals surface area contributed by atoms with E-state index in [1.54, 1.807) is 12.1 Å². The molecular weight excluding hydrogens is 168 g/mol. The van der Waals surface area contributed by atoms with Gasteiger partial charge in [-0.1, -0.05) is 12.1 Å². The Hall–Kier alpha value is -1.35. The lowest BCUT2D eigenvalue weighted by Crippen LogP contribution is -2.29. The molecule has 1 aliphatic rings. The Bertz CT molecular complexity index is 357. The maximum absolute atomic E-state index is 11.1. The minimum Gasteiger partial charge on any atom is -0.508 e. The third-order valence-corrected chi connectivity index (χ3v) is 2.38. The summed E-state index contributed by atoms with van der Waals surface area (Å²) < 4.78 is 0. The van der Waals surface area contributed by atoms with Crippen LogP contribution < -0.4 is 0 Å². The molecule has 0 amide bonds. The quantitative estimate of drug-likeness (QED) is 0.605. The number of phenolic OH excluding ortho intramolecular Hbond substituents is 1. The molecule has 0 aromatic heterocycles. The number of hydrogen-bond acceptors (Lipinski definition) is 3. The van der Waals surface area contributed by atoms with Crippen molar-refractivity contribution in [1.29, 1.82) is 0 Å². The van der Waals surface area contributed by atoms with Crippen molar-refractivity contribution in [3.8, 4) is 5.75 Å². The Kier molecular flexibility index (Phi) is 1.81. The van der Waals surface area contributed by atoms with E-state index in [0.717, 1.165) is 5.56 Å². The molecule has 0 unspecified atom stereocenters. The average molecular weight is 178 g/mol. The van der Waals surface area contributed by atoms with Crippen molar-refractivity contribution in [3.05, 3.63) is 29.3 Å². The van der Waals surface area contributed by atoms with E-state index in [1.165, 1.54) is 0 Å². The molecule has 1 aromatic rings. The molecule has 0 fully saturated rings. The molecule has 0 spiro atoms. The van der Waals surface area contributed by atoms with Crippen molar-refractivity contribution in [2.45, 2.75) is 18.9 Å². The molecule has 3 heteroatoms. The summed E-state index contributed by atoms with van der Waals surface area (Å²) in [4.78, 5) is 11.1. The average Bonchev–Trinajstić information content (AvgIpc) is 2.09. The number of ketones is 1. The number of aromatic hydroxyl groups is 1. The summed E-state index contributed by atoms with van der Waals surface area (Å²) in [5, 5.41) is 18.7. The number of Topliss-reactive ketones (excluding diaryl/α,β-unsaturated/α-hetero) is 1. The molecule has 2 N–H and O–H groups in total. The fourth-order valence-corrected chi connectivity index (χ4v) is 1.63. The highest BCUT2D eigenvalue weighted by Gasteiger charge is 2.25. The number of carbonyl (C=O) groups is 1. The summed E-state index contributed by atoms with van der Waals surface area (Å²) in [7, 11) is 0. The standard InChI is InChI=1S/C10H10O3/c11-8-3-1-2-6-4-9(12)10(13)5-7(6)8/h1-3,9,11-12H,4-5H2/t9-/m1/s1.